The molecular weight excluding hydrogens is 229 g/mol. The Balaban J connectivity index is 2.00. The average molecular weight is 239 g/mol. The third-order valence-corrected chi connectivity index (χ3v) is 2.78. The second-order valence-corrected chi connectivity index (χ2v) is 3.78. The van der Waals surface area contributed by atoms with Crippen molar-refractivity contribution in [1.29, 1.82) is 0 Å². The van der Waals surface area contributed by atoms with E-state index in [1.807, 2.05) is 0 Å². The van der Waals surface area contributed by atoms with Crippen molar-refractivity contribution in [1.82, 2.24) is 19.5 Å². The fraction of sp³-hybridized carbons (Fsp3) is 0.444. The maximum absolute atomic E-state index is 13.6. The van der Waals surface area contributed by atoms with E-state index < -0.39 is 18.5 Å². The Morgan fingerprint density at radius 1 is 1.47 bits per heavy atom. The summed E-state index contributed by atoms with van der Waals surface area (Å²) in [6.45, 7) is -0.346. The topological polar surface area (TPSA) is 99.1 Å². The van der Waals surface area contributed by atoms with Crippen molar-refractivity contribution < 1.29 is 14.2 Å². The highest BCUT2D eigenvalue weighted by Gasteiger charge is 2.44. The summed E-state index contributed by atoms with van der Waals surface area (Å²) in [5.74, 6) is 0.238. The van der Waals surface area contributed by atoms with Gasteiger partial charge in [-0.1, -0.05) is 0 Å². The fourth-order valence-electron chi connectivity index (χ4n) is 1.84. The zero-order valence-electron chi connectivity index (χ0n) is 8.69. The quantitative estimate of drug-likeness (QED) is 0.742. The van der Waals surface area contributed by atoms with Crippen molar-refractivity contribution in [3.8, 4) is 0 Å². The Morgan fingerprint density at radius 2 is 2.29 bits per heavy atom. The van der Waals surface area contributed by atoms with Crippen LogP contribution < -0.4 is 5.73 Å². The van der Waals surface area contributed by atoms with Crippen molar-refractivity contribution in [2.24, 2.45) is 0 Å². The molecule has 3 heterocycles. The molecule has 7 nitrogen and oxygen atoms in total. The minimum Gasteiger partial charge on any atom is -0.394 e. The molecule has 0 spiro atoms. The van der Waals surface area contributed by atoms with Crippen LogP contribution >= 0.6 is 0 Å². The molecule has 1 aliphatic rings. The van der Waals surface area contributed by atoms with Crippen molar-refractivity contribution in [2.45, 2.75) is 18.5 Å². The molecule has 90 valence electrons. The number of hydrogen-bond acceptors (Lipinski definition) is 6. The van der Waals surface area contributed by atoms with Gasteiger partial charge in [0.2, 0.25) is 0 Å². The third kappa shape index (κ3) is 1.38. The molecule has 0 aromatic carbocycles. The van der Waals surface area contributed by atoms with Gasteiger partial charge in [0.05, 0.1) is 12.9 Å². The first-order valence-electron chi connectivity index (χ1n) is 5.05. The highest BCUT2D eigenvalue weighted by Crippen LogP contribution is 2.35. The van der Waals surface area contributed by atoms with Gasteiger partial charge in [0.25, 0.3) is 0 Å². The highest BCUT2D eigenvalue weighted by atomic mass is 19.1. The van der Waals surface area contributed by atoms with E-state index in [1.54, 1.807) is 0 Å². The third-order valence-electron chi connectivity index (χ3n) is 2.78. The summed E-state index contributed by atoms with van der Waals surface area (Å²) in [5.41, 5.74) is 6.45. The molecule has 0 saturated carbocycles. The predicted molar refractivity (Wildman–Crippen MR) is 55.6 cm³/mol. The lowest BCUT2D eigenvalue weighted by atomic mass is 10.1. The number of alkyl halides is 1. The first-order chi connectivity index (χ1) is 8.22. The van der Waals surface area contributed by atoms with Gasteiger partial charge in [-0.15, -0.1) is 0 Å². The van der Waals surface area contributed by atoms with Crippen molar-refractivity contribution in [3.63, 3.8) is 0 Å². The number of nitrogens with two attached hydrogens (primary N) is 1. The van der Waals surface area contributed by atoms with E-state index in [-0.39, 0.29) is 12.4 Å². The summed E-state index contributed by atoms with van der Waals surface area (Å²) in [6, 6.07) is 0. The van der Waals surface area contributed by atoms with Crippen LogP contribution in [-0.2, 0) is 4.74 Å². The summed E-state index contributed by atoms with van der Waals surface area (Å²) < 4.78 is 20.3. The number of halogens is 1. The van der Waals surface area contributed by atoms with Crippen molar-refractivity contribution in [2.75, 3.05) is 12.3 Å². The van der Waals surface area contributed by atoms with Gasteiger partial charge in [-0.25, -0.2) is 19.3 Å². The van der Waals surface area contributed by atoms with E-state index in [0.717, 1.165) is 0 Å². The van der Waals surface area contributed by atoms with Crippen LogP contribution in [0.2, 0.25) is 0 Å². The number of rotatable bonds is 2. The second-order valence-electron chi connectivity index (χ2n) is 3.78. The number of imidazole rings is 1. The Hall–Kier alpha value is -1.80. The summed E-state index contributed by atoms with van der Waals surface area (Å²) in [6.07, 6.45) is -0.192. The minimum atomic E-state index is -1.28. The van der Waals surface area contributed by atoms with Gasteiger partial charge in [0.1, 0.15) is 17.9 Å². The van der Waals surface area contributed by atoms with Crippen LogP contribution in [0.5, 0.6) is 0 Å². The number of aromatic nitrogens is 4. The minimum absolute atomic E-state index is 0.238. The zero-order valence-corrected chi connectivity index (χ0v) is 8.69. The van der Waals surface area contributed by atoms with Gasteiger partial charge in [0.15, 0.2) is 23.9 Å². The number of ether oxygens (including phenoxy) is 1. The van der Waals surface area contributed by atoms with E-state index in [1.165, 1.54) is 17.2 Å². The molecule has 8 heteroatoms. The molecule has 3 N–H and O–H groups in total. The Bertz CT molecular complexity index is 559. The molecular formula is C9H10FN5O2. The van der Waals surface area contributed by atoms with E-state index >= 15 is 0 Å². The monoisotopic (exact) mass is 239 g/mol. The Kier molecular flexibility index (Phi) is 2.20. The van der Waals surface area contributed by atoms with E-state index in [0.29, 0.717) is 11.2 Å². The molecule has 0 bridgehead atoms. The summed E-state index contributed by atoms with van der Waals surface area (Å²) in [5, 5.41) is 8.79. The molecule has 0 aliphatic carbocycles. The van der Waals surface area contributed by atoms with E-state index in [9.17, 15) is 4.39 Å². The maximum Gasteiger partial charge on any atom is 0.173 e. The lowest BCUT2D eigenvalue weighted by molar-refractivity contribution is -0.237. The van der Waals surface area contributed by atoms with Crippen LogP contribution in [-0.4, -0.2) is 43.5 Å². The number of nitrogens with zero attached hydrogens (tertiary/aromatic N) is 4. The lowest BCUT2D eigenvalue weighted by Crippen LogP contribution is -2.49. The summed E-state index contributed by atoms with van der Waals surface area (Å²) in [4.78, 5) is 11.8. The highest BCUT2D eigenvalue weighted by molar-refractivity contribution is 5.81. The maximum atomic E-state index is 13.6. The molecule has 0 amide bonds. The van der Waals surface area contributed by atoms with Gasteiger partial charge >= 0.3 is 0 Å². The number of hydrogen-bond donors (Lipinski definition) is 2. The zero-order chi connectivity index (χ0) is 12.0. The summed E-state index contributed by atoms with van der Waals surface area (Å²) in [7, 11) is 0. The molecule has 2 aromatic rings. The van der Waals surface area contributed by atoms with Gasteiger partial charge in [0, 0.05) is 0 Å². The largest absolute Gasteiger partial charge is 0.394 e. The van der Waals surface area contributed by atoms with Crippen LogP contribution in [0.4, 0.5) is 10.2 Å². The molecule has 3 rings (SSSR count). The van der Waals surface area contributed by atoms with Crippen LogP contribution in [0.3, 0.4) is 0 Å². The fourth-order valence-corrected chi connectivity index (χ4v) is 1.84. The van der Waals surface area contributed by atoms with Crippen molar-refractivity contribution >= 4 is 17.0 Å². The van der Waals surface area contributed by atoms with Crippen LogP contribution in [0.1, 0.15) is 6.23 Å². The average Bonchev–Trinajstić information content (AvgIpc) is 2.73. The summed E-state index contributed by atoms with van der Waals surface area (Å²) >= 11 is 0. The molecule has 1 aliphatic heterocycles. The number of aliphatic hydroxyl groups is 1. The van der Waals surface area contributed by atoms with Crippen LogP contribution in [0, 0.1) is 0 Å². The van der Waals surface area contributed by atoms with Crippen LogP contribution in [0.15, 0.2) is 12.7 Å². The van der Waals surface area contributed by atoms with Crippen LogP contribution in [0.25, 0.3) is 11.2 Å². The van der Waals surface area contributed by atoms with Crippen molar-refractivity contribution in [3.05, 3.63) is 12.7 Å². The number of aliphatic hydroxyl groups excluding tert-OH is 1. The SMILES string of the molecule is Nc1ncnc2c1ncn2[C@@H]1O[C@H](CO)[C@H]1F. The Labute approximate surface area is 95.1 Å². The Morgan fingerprint density at radius 3 is 3.00 bits per heavy atom. The molecule has 0 radical (unpaired) electrons. The molecule has 2 aromatic heterocycles. The van der Waals surface area contributed by atoms with Gasteiger partial charge < -0.3 is 15.6 Å². The van der Waals surface area contributed by atoms with Gasteiger partial charge in [-0.3, -0.25) is 4.57 Å². The standard InChI is InChI=1S/C9H10FN5O2/c10-5-4(1-16)17-9(5)15-3-14-6-7(11)12-2-13-8(6)15/h2-5,9,16H,1H2,(H2,11,12,13)/t4-,5-,9-/m1/s1. The molecule has 17 heavy (non-hydrogen) atoms. The molecule has 0 unspecified atom stereocenters. The molecule has 3 atom stereocenters. The smallest absolute Gasteiger partial charge is 0.173 e. The molecule has 1 fully saturated rings. The normalized spacial score (nSPS) is 28.2. The lowest BCUT2D eigenvalue weighted by Gasteiger charge is -2.39. The van der Waals surface area contributed by atoms with E-state index in [2.05, 4.69) is 15.0 Å². The number of anilines is 1. The van der Waals surface area contributed by atoms with E-state index in [4.69, 9.17) is 15.6 Å². The second kappa shape index (κ2) is 3.60. The number of fused-ring (bicyclic) bond motifs is 1. The number of nitrogen functional groups attached to an aromatic ring is 1. The van der Waals surface area contributed by atoms with Gasteiger partial charge in [-0.05, 0) is 0 Å². The van der Waals surface area contributed by atoms with Gasteiger partial charge in [-0.2, -0.15) is 0 Å². The predicted octanol–water partition coefficient (Wildman–Crippen LogP) is -0.364. The first-order valence-corrected chi connectivity index (χ1v) is 5.05. The first kappa shape index (κ1) is 10.4. The molecule has 1 saturated heterocycles.